The van der Waals surface area contributed by atoms with Crippen LogP contribution in [0.5, 0.6) is 0 Å². The molecule has 1 fully saturated rings. The number of hydrogen-bond acceptors (Lipinski definition) is 5. The van der Waals surface area contributed by atoms with Gasteiger partial charge in [-0.15, -0.1) is 0 Å². The van der Waals surface area contributed by atoms with Gasteiger partial charge in [0.15, 0.2) is 9.84 Å². The molecule has 31 heavy (non-hydrogen) atoms. The van der Waals surface area contributed by atoms with E-state index < -0.39 is 9.84 Å². The van der Waals surface area contributed by atoms with Crippen LogP contribution in [-0.4, -0.2) is 61.4 Å². The van der Waals surface area contributed by atoms with Gasteiger partial charge >= 0.3 is 0 Å². The number of aryl methyl sites for hydroxylation is 1. The molecular formula is C22H23ClN4O3S. The average Bonchev–Trinajstić information content (AvgIpc) is 3.14. The molecule has 2 heterocycles. The molecule has 2 aromatic carbocycles. The van der Waals surface area contributed by atoms with Crippen LogP contribution in [0.4, 0.5) is 5.69 Å². The number of rotatable bonds is 4. The second kappa shape index (κ2) is 8.36. The first-order valence-corrected chi connectivity index (χ1v) is 12.2. The molecule has 3 aromatic rings. The van der Waals surface area contributed by atoms with E-state index in [4.69, 9.17) is 11.6 Å². The monoisotopic (exact) mass is 458 g/mol. The first-order valence-electron chi connectivity index (χ1n) is 9.89. The van der Waals surface area contributed by atoms with E-state index in [1.807, 2.05) is 36.1 Å². The molecule has 0 N–H and O–H groups in total. The SMILES string of the molecule is Cc1cc(C(=O)N2CCN(c3cccc(Cl)c3)CC2)n(-c2ccc(S(C)(=O)=O)cc2)n1. The molecule has 1 aliphatic heterocycles. The Morgan fingerprint density at radius 1 is 0.968 bits per heavy atom. The van der Waals surface area contributed by atoms with Gasteiger partial charge in [0.25, 0.3) is 5.91 Å². The lowest BCUT2D eigenvalue weighted by atomic mass is 10.2. The third kappa shape index (κ3) is 4.60. The van der Waals surface area contributed by atoms with Crippen molar-refractivity contribution < 1.29 is 13.2 Å². The molecule has 0 atom stereocenters. The molecule has 0 bridgehead atoms. The van der Waals surface area contributed by atoms with Crippen LogP contribution >= 0.6 is 11.6 Å². The van der Waals surface area contributed by atoms with Crippen molar-refractivity contribution in [3.8, 4) is 5.69 Å². The fourth-order valence-electron chi connectivity index (χ4n) is 3.69. The maximum atomic E-state index is 13.3. The molecule has 0 unspecified atom stereocenters. The summed E-state index contributed by atoms with van der Waals surface area (Å²) >= 11 is 6.10. The Morgan fingerprint density at radius 3 is 2.26 bits per heavy atom. The Hall–Kier alpha value is -2.84. The van der Waals surface area contributed by atoms with Gasteiger partial charge in [-0.2, -0.15) is 5.10 Å². The molecule has 0 saturated carbocycles. The van der Waals surface area contributed by atoms with Gasteiger partial charge in [-0.3, -0.25) is 4.79 Å². The number of halogens is 1. The first-order chi connectivity index (χ1) is 14.7. The molecule has 0 radical (unpaired) electrons. The fourth-order valence-corrected chi connectivity index (χ4v) is 4.50. The van der Waals surface area contributed by atoms with E-state index >= 15 is 0 Å². The van der Waals surface area contributed by atoms with Crippen molar-refractivity contribution in [2.24, 2.45) is 0 Å². The summed E-state index contributed by atoms with van der Waals surface area (Å²) in [7, 11) is -3.29. The van der Waals surface area contributed by atoms with E-state index in [9.17, 15) is 13.2 Å². The predicted molar refractivity (Wildman–Crippen MR) is 121 cm³/mol. The fraction of sp³-hybridized carbons (Fsp3) is 0.273. The van der Waals surface area contributed by atoms with Crippen molar-refractivity contribution in [1.29, 1.82) is 0 Å². The molecule has 0 aliphatic carbocycles. The van der Waals surface area contributed by atoms with Gasteiger partial charge in [0.05, 0.1) is 16.3 Å². The zero-order chi connectivity index (χ0) is 22.2. The standard InChI is InChI=1S/C22H23ClN4O3S/c1-16-14-21(27(24-16)18-6-8-20(9-7-18)31(2,29)30)22(28)26-12-10-25(11-13-26)19-5-3-4-17(23)15-19/h3-9,14-15H,10-13H2,1-2H3. The van der Waals surface area contributed by atoms with Gasteiger partial charge in [-0.25, -0.2) is 13.1 Å². The maximum absolute atomic E-state index is 13.3. The number of sulfone groups is 1. The minimum Gasteiger partial charge on any atom is -0.368 e. The van der Waals surface area contributed by atoms with Crippen LogP contribution in [-0.2, 0) is 9.84 Å². The van der Waals surface area contributed by atoms with Crippen LogP contribution in [0, 0.1) is 6.92 Å². The molecular weight excluding hydrogens is 436 g/mol. The van der Waals surface area contributed by atoms with Crippen molar-refractivity contribution in [1.82, 2.24) is 14.7 Å². The highest BCUT2D eigenvalue weighted by atomic mass is 35.5. The highest BCUT2D eigenvalue weighted by Crippen LogP contribution is 2.22. The average molecular weight is 459 g/mol. The lowest BCUT2D eigenvalue weighted by Gasteiger charge is -2.36. The first kappa shape index (κ1) is 21.4. The summed E-state index contributed by atoms with van der Waals surface area (Å²) in [5.74, 6) is -0.0986. The number of benzene rings is 2. The second-order valence-corrected chi connectivity index (χ2v) is 10.1. The summed E-state index contributed by atoms with van der Waals surface area (Å²) in [5, 5.41) is 5.15. The van der Waals surface area contributed by atoms with Crippen molar-refractivity contribution in [3.05, 3.63) is 71.0 Å². The number of aromatic nitrogens is 2. The highest BCUT2D eigenvalue weighted by molar-refractivity contribution is 7.90. The van der Waals surface area contributed by atoms with Crippen LogP contribution in [0.3, 0.4) is 0 Å². The van der Waals surface area contributed by atoms with Gasteiger partial charge in [0, 0.05) is 43.1 Å². The Labute approximate surface area is 186 Å². The molecule has 1 aromatic heterocycles. The molecule has 1 amide bonds. The summed E-state index contributed by atoms with van der Waals surface area (Å²) in [6.07, 6.45) is 1.16. The molecule has 0 spiro atoms. The van der Waals surface area contributed by atoms with Gasteiger partial charge in [0.1, 0.15) is 5.69 Å². The van der Waals surface area contributed by atoms with Crippen LogP contribution in [0.15, 0.2) is 59.5 Å². The third-order valence-electron chi connectivity index (χ3n) is 5.30. The zero-order valence-electron chi connectivity index (χ0n) is 17.3. The molecule has 1 aliphatic rings. The lowest BCUT2D eigenvalue weighted by molar-refractivity contribution is 0.0737. The number of anilines is 1. The number of amides is 1. The number of carbonyl (C=O) groups is 1. The van der Waals surface area contributed by atoms with Gasteiger partial charge in [-0.1, -0.05) is 17.7 Å². The van der Waals surface area contributed by atoms with E-state index in [1.54, 1.807) is 22.9 Å². The van der Waals surface area contributed by atoms with Crippen molar-refractivity contribution in [2.75, 3.05) is 37.3 Å². The molecule has 7 nitrogen and oxygen atoms in total. The van der Waals surface area contributed by atoms with Crippen molar-refractivity contribution in [3.63, 3.8) is 0 Å². The van der Waals surface area contributed by atoms with E-state index in [0.29, 0.717) is 48.3 Å². The van der Waals surface area contributed by atoms with Crippen LogP contribution in [0.2, 0.25) is 5.02 Å². The molecule has 162 valence electrons. The Balaban J connectivity index is 1.52. The smallest absolute Gasteiger partial charge is 0.272 e. The van der Waals surface area contributed by atoms with Crippen molar-refractivity contribution in [2.45, 2.75) is 11.8 Å². The number of nitrogens with zero attached hydrogens (tertiary/aromatic N) is 4. The van der Waals surface area contributed by atoms with E-state index in [0.717, 1.165) is 11.9 Å². The Morgan fingerprint density at radius 2 is 1.65 bits per heavy atom. The second-order valence-electron chi connectivity index (χ2n) is 7.61. The maximum Gasteiger partial charge on any atom is 0.272 e. The van der Waals surface area contributed by atoms with Crippen molar-refractivity contribution >= 4 is 33.0 Å². The van der Waals surface area contributed by atoms with Crippen LogP contribution < -0.4 is 4.90 Å². The van der Waals surface area contributed by atoms with Crippen LogP contribution in [0.1, 0.15) is 16.2 Å². The molecule has 1 saturated heterocycles. The van der Waals surface area contributed by atoms with Gasteiger partial charge < -0.3 is 9.80 Å². The summed E-state index contributed by atoms with van der Waals surface area (Å²) in [6, 6.07) is 15.9. The zero-order valence-corrected chi connectivity index (χ0v) is 18.9. The Kier molecular flexibility index (Phi) is 5.77. The lowest BCUT2D eigenvalue weighted by Crippen LogP contribution is -2.49. The van der Waals surface area contributed by atoms with Crippen LogP contribution in [0.25, 0.3) is 5.69 Å². The highest BCUT2D eigenvalue weighted by Gasteiger charge is 2.26. The minimum atomic E-state index is -3.29. The minimum absolute atomic E-state index is 0.0986. The number of carbonyl (C=O) groups excluding carboxylic acids is 1. The largest absolute Gasteiger partial charge is 0.368 e. The van der Waals surface area contributed by atoms with E-state index in [2.05, 4.69) is 10.00 Å². The third-order valence-corrected chi connectivity index (χ3v) is 6.66. The summed E-state index contributed by atoms with van der Waals surface area (Å²) in [4.78, 5) is 17.5. The summed E-state index contributed by atoms with van der Waals surface area (Å²) in [5.41, 5.74) is 2.86. The number of hydrogen-bond donors (Lipinski definition) is 0. The normalized spacial score (nSPS) is 14.7. The van der Waals surface area contributed by atoms with E-state index in [1.165, 1.54) is 12.1 Å². The topological polar surface area (TPSA) is 75.5 Å². The van der Waals surface area contributed by atoms with Gasteiger partial charge in [-0.05, 0) is 55.5 Å². The predicted octanol–water partition coefficient (Wildman–Crippen LogP) is 3.20. The summed E-state index contributed by atoms with van der Waals surface area (Å²) < 4.78 is 25.0. The Bertz CT molecular complexity index is 1210. The van der Waals surface area contributed by atoms with Gasteiger partial charge in [0.2, 0.25) is 0 Å². The molecule has 9 heteroatoms. The molecule has 4 rings (SSSR count). The quantitative estimate of drug-likeness (QED) is 0.600. The summed E-state index contributed by atoms with van der Waals surface area (Å²) in [6.45, 7) is 4.42. The number of piperazine rings is 1. The van der Waals surface area contributed by atoms with E-state index in [-0.39, 0.29) is 10.8 Å².